The number of aromatic nitrogens is 3. The molecule has 0 aliphatic heterocycles. The van der Waals surface area contributed by atoms with Crippen molar-refractivity contribution in [3.63, 3.8) is 0 Å². The highest BCUT2D eigenvalue weighted by atomic mass is 16.2. The first-order valence-corrected chi connectivity index (χ1v) is 12.9. The van der Waals surface area contributed by atoms with Crippen LogP contribution in [0.4, 0.5) is 11.4 Å². The van der Waals surface area contributed by atoms with Gasteiger partial charge in [-0.3, -0.25) is 19.3 Å². The van der Waals surface area contributed by atoms with Crippen molar-refractivity contribution in [2.24, 2.45) is 0 Å². The van der Waals surface area contributed by atoms with E-state index < -0.39 is 11.6 Å². The number of benzene rings is 3. The maximum atomic E-state index is 14.1. The molecule has 0 unspecified atom stereocenters. The molecule has 202 valence electrons. The number of nitrogens with one attached hydrogen (secondary N) is 2. The van der Waals surface area contributed by atoms with Gasteiger partial charge < -0.3 is 10.6 Å². The van der Waals surface area contributed by atoms with E-state index in [-0.39, 0.29) is 24.3 Å². The van der Waals surface area contributed by atoms with Crippen molar-refractivity contribution in [1.82, 2.24) is 20.3 Å². The first kappa shape index (κ1) is 27.5. The molecule has 9 nitrogen and oxygen atoms in total. The number of carbonyl (C=O) groups excluding carboxylic acids is 3. The zero-order valence-electron chi connectivity index (χ0n) is 22.9. The van der Waals surface area contributed by atoms with E-state index in [1.807, 2.05) is 69.3 Å². The normalized spacial score (nSPS) is 12.1. The van der Waals surface area contributed by atoms with Gasteiger partial charge in [0.05, 0.1) is 5.52 Å². The fourth-order valence-electron chi connectivity index (χ4n) is 4.38. The zero-order valence-corrected chi connectivity index (χ0v) is 22.9. The molecule has 0 spiro atoms. The topological polar surface area (TPSA) is 109 Å². The minimum Gasteiger partial charge on any atom is -0.349 e. The maximum absolute atomic E-state index is 14.1. The molecule has 1 heterocycles. The van der Waals surface area contributed by atoms with Gasteiger partial charge in [-0.25, -0.2) is 4.68 Å². The van der Waals surface area contributed by atoms with E-state index in [1.54, 1.807) is 24.3 Å². The van der Waals surface area contributed by atoms with Gasteiger partial charge in [0.25, 0.3) is 0 Å². The van der Waals surface area contributed by atoms with Gasteiger partial charge in [0.2, 0.25) is 17.7 Å². The van der Waals surface area contributed by atoms with Crippen LogP contribution < -0.4 is 15.5 Å². The van der Waals surface area contributed by atoms with Crippen LogP contribution in [0.2, 0.25) is 0 Å². The van der Waals surface area contributed by atoms with E-state index in [4.69, 9.17) is 0 Å². The second-order valence-corrected chi connectivity index (χ2v) is 10.5. The van der Waals surface area contributed by atoms with E-state index in [9.17, 15) is 14.4 Å². The van der Waals surface area contributed by atoms with Crippen LogP contribution in [-0.2, 0) is 27.3 Å². The standard InChI is InChI=1S/C30H34N6O3/c1-6-21-11-13-22(14-12-21)28(29(39)32-30(3,4)5)36(24-17-15-23(16-18-24)31-20(2)37)27(38)19-35-26-10-8-7-9-25(26)33-34-35/h7-18,28H,6,19H2,1-5H3,(H,31,37)(H,32,39)/t28-/m1/s1. The number of rotatable bonds is 8. The van der Waals surface area contributed by atoms with Gasteiger partial charge in [0.1, 0.15) is 18.1 Å². The van der Waals surface area contributed by atoms with Gasteiger partial charge in [-0.05, 0) is 74.7 Å². The van der Waals surface area contributed by atoms with E-state index in [2.05, 4.69) is 27.9 Å². The number of para-hydroxylation sites is 1. The molecule has 0 aliphatic rings. The second-order valence-electron chi connectivity index (χ2n) is 10.5. The molecule has 4 rings (SSSR count). The molecule has 1 atom stereocenters. The molecule has 0 fully saturated rings. The lowest BCUT2D eigenvalue weighted by Crippen LogP contribution is -2.50. The zero-order chi connectivity index (χ0) is 28.2. The lowest BCUT2D eigenvalue weighted by molar-refractivity contribution is -0.128. The van der Waals surface area contributed by atoms with Crippen molar-refractivity contribution in [3.05, 3.63) is 83.9 Å². The average Bonchev–Trinajstić information content (AvgIpc) is 3.29. The Labute approximate surface area is 228 Å². The van der Waals surface area contributed by atoms with Crippen LogP contribution in [0.1, 0.15) is 51.8 Å². The number of anilines is 2. The van der Waals surface area contributed by atoms with Gasteiger partial charge in [-0.1, -0.05) is 48.5 Å². The molecule has 9 heteroatoms. The van der Waals surface area contributed by atoms with Crippen LogP contribution in [0, 0.1) is 0 Å². The van der Waals surface area contributed by atoms with Gasteiger partial charge in [0, 0.05) is 23.8 Å². The fourth-order valence-corrected chi connectivity index (χ4v) is 4.38. The van der Waals surface area contributed by atoms with Crippen molar-refractivity contribution in [3.8, 4) is 0 Å². The van der Waals surface area contributed by atoms with Gasteiger partial charge >= 0.3 is 0 Å². The first-order chi connectivity index (χ1) is 18.6. The van der Waals surface area contributed by atoms with E-state index >= 15 is 0 Å². The highest BCUT2D eigenvalue weighted by Gasteiger charge is 2.35. The van der Waals surface area contributed by atoms with E-state index in [1.165, 1.54) is 16.5 Å². The Bertz CT molecular complexity index is 1470. The molecule has 0 bridgehead atoms. The number of fused-ring (bicyclic) bond motifs is 1. The predicted octanol–water partition coefficient (Wildman–Crippen LogP) is 4.64. The van der Waals surface area contributed by atoms with Crippen molar-refractivity contribution in [1.29, 1.82) is 0 Å². The quantitative estimate of drug-likeness (QED) is 0.348. The molecule has 0 radical (unpaired) electrons. The predicted molar refractivity (Wildman–Crippen MR) is 152 cm³/mol. The van der Waals surface area contributed by atoms with Crippen molar-refractivity contribution >= 4 is 40.1 Å². The van der Waals surface area contributed by atoms with Crippen molar-refractivity contribution < 1.29 is 14.4 Å². The summed E-state index contributed by atoms with van der Waals surface area (Å²) in [5.41, 5.74) is 3.77. The molecule has 2 N–H and O–H groups in total. The summed E-state index contributed by atoms with van der Waals surface area (Å²) in [6, 6.07) is 21.0. The van der Waals surface area contributed by atoms with Gasteiger partial charge in [-0.2, -0.15) is 0 Å². The Morgan fingerprint density at radius 1 is 0.949 bits per heavy atom. The molecule has 0 saturated heterocycles. The van der Waals surface area contributed by atoms with E-state index in [0.29, 0.717) is 22.5 Å². The number of nitrogens with zero attached hydrogens (tertiary/aromatic N) is 4. The molecule has 4 aromatic rings. The summed E-state index contributed by atoms with van der Waals surface area (Å²) >= 11 is 0. The fraction of sp³-hybridized carbons (Fsp3) is 0.300. The summed E-state index contributed by atoms with van der Waals surface area (Å²) < 4.78 is 1.54. The highest BCUT2D eigenvalue weighted by molar-refractivity contribution is 6.02. The minimum atomic E-state index is -0.955. The average molecular weight is 527 g/mol. The maximum Gasteiger partial charge on any atom is 0.249 e. The third kappa shape index (κ3) is 6.67. The summed E-state index contributed by atoms with van der Waals surface area (Å²) in [6.45, 7) is 9.07. The summed E-state index contributed by atoms with van der Waals surface area (Å²) in [7, 11) is 0. The number of aryl methyl sites for hydroxylation is 1. The Hall–Kier alpha value is -4.53. The lowest BCUT2D eigenvalue weighted by Gasteiger charge is -2.34. The SMILES string of the molecule is CCc1ccc([C@H](C(=O)NC(C)(C)C)N(C(=O)Cn2nnc3ccccc32)c2ccc(NC(C)=O)cc2)cc1. The molecule has 3 aromatic carbocycles. The largest absolute Gasteiger partial charge is 0.349 e. The van der Waals surface area contributed by atoms with Crippen LogP contribution in [0.5, 0.6) is 0 Å². The number of amides is 3. The summed E-state index contributed by atoms with van der Waals surface area (Å²) in [5.74, 6) is -0.853. The van der Waals surface area contributed by atoms with Crippen LogP contribution in [0.15, 0.2) is 72.8 Å². The Morgan fingerprint density at radius 3 is 2.23 bits per heavy atom. The molecule has 0 saturated carbocycles. The van der Waals surface area contributed by atoms with Crippen molar-refractivity contribution in [2.75, 3.05) is 10.2 Å². The highest BCUT2D eigenvalue weighted by Crippen LogP contribution is 2.31. The number of hydrogen-bond acceptors (Lipinski definition) is 5. The number of carbonyl (C=O) groups is 3. The van der Waals surface area contributed by atoms with Crippen LogP contribution in [0.25, 0.3) is 11.0 Å². The second kappa shape index (κ2) is 11.5. The third-order valence-electron chi connectivity index (χ3n) is 6.15. The summed E-state index contributed by atoms with van der Waals surface area (Å²) in [4.78, 5) is 41.0. The van der Waals surface area contributed by atoms with E-state index in [0.717, 1.165) is 17.5 Å². The molecule has 3 amide bonds. The van der Waals surface area contributed by atoms with Gasteiger partial charge in [-0.15, -0.1) is 5.10 Å². The Morgan fingerprint density at radius 2 is 1.62 bits per heavy atom. The summed E-state index contributed by atoms with van der Waals surface area (Å²) in [5, 5.41) is 14.2. The van der Waals surface area contributed by atoms with Gasteiger partial charge in [0.15, 0.2) is 0 Å². The first-order valence-electron chi connectivity index (χ1n) is 12.9. The monoisotopic (exact) mass is 526 g/mol. The molecule has 1 aromatic heterocycles. The molecule has 0 aliphatic carbocycles. The lowest BCUT2D eigenvalue weighted by atomic mass is 9.99. The number of hydrogen-bond donors (Lipinski definition) is 2. The Balaban J connectivity index is 1.81. The van der Waals surface area contributed by atoms with Crippen molar-refractivity contribution in [2.45, 2.75) is 59.2 Å². The Kier molecular flexibility index (Phi) is 8.09. The minimum absolute atomic E-state index is 0.125. The van der Waals surface area contributed by atoms with Crippen LogP contribution >= 0.6 is 0 Å². The smallest absolute Gasteiger partial charge is 0.249 e. The van der Waals surface area contributed by atoms with Crippen LogP contribution in [-0.4, -0.2) is 38.3 Å². The third-order valence-corrected chi connectivity index (χ3v) is 6.15. The van der Waals surface area contributed by atoms with Crippen LogP contribution in [0.3, 0.4) is 0 Å². The molecule has 39 heavy (non-hydrogen) atoms. The molecular formula is C30H34N6O3. The summed E-state index contributed by atoms with van der Waals surface area (Å²) in [6.07, 6.45) is 0.853. The molecular weight excluding hydrogens is 492 g/mol.